The Labute approximate surface area is 147 Å². The van der Waals surface area contributed by atoms with E-state index in [1.54, 1.807) is 16.8 Å². The van der Waals surface area contributed by atoms with Crippen LogP contribution in [-0.4, -0.2) is 40.9 Å². The van der Waals surface area contributed by atoms with Gasteiger partial charge >= 0.3 is 0 Å². The summed E-state index contributed by atoms with van der Waals surface area (Å²) in [6.45, 7) is 7.85. The van der Waals surface area contributed by atoms with Gasteiger partial charge in [-0.2, -0.15) is 0 Å². The minimum atomic E-state index is 0. The fraction of sp³-hybridized carbons (Fsp3) is 0.400. The molecule has 0 fully saturated rings. The van der Waals surface area contributed by atoms with Crippen molar-refractivity contribution in [3.05, 3.63) is 40.5 Å². The molecule has 0 bridgehead atoms. The van der Waals surface area contributed by atoms with Crippen LogP contribution in [0.25, 0.3) is 5.69 Å². The average molecular weight is 365 g/mol. The normalized spacial score (nSPS) is 10.6. The molecule has 1 heterocycles. The lowest BCUT2D eigenvalue weighted by molar-refractivity contribution is 0.217. The van der Waals surface area contributed by atoms with E-state index in [1.165, 1.54) is 0 Å². The molecular formula is C15H20Cl3N3O. The number of hydrogen-bond donors (Lipinski definition) is 0. The molecule has 0 N–H and O–H groups in total. The van der Waals surface area contributed by atoms with Crippen molar-refractivity contribution in [2.24, 2.45) is 0 Å². The first kappa shape index (κ1) is 19.1. The van der Waals surface area contributed by atoms with Gasteiger partial charge in [0.2, 0.25) is 5.88 Å². The second-order valence-corrected chi connectivity index (χ2v) is 5.39. The number of nitrogens with zero attached hydrogens (tertiary/aromatic N) is 3. The van der Waals surface area contributed by atoms with Gasteiger partial charge in [0.25, 0.3) is 0 Å². The van der Waals surface area contributed by atoms with Gasteiger partial charge in [0.05, 0.1) is 15.7 Å². The number of likely N-dealkylation sites (N-methyl/N-ethyl adjacent to an activating group) is 1. The highest BCUT2D eigenvalue weighted by Crippen LogP contribution is 2.24. The van der Waals surface area contributed by atoms with Crippen LogP contribution in [0.15, 0.2) is 30.5 Å². The molecule has 2 aromatic rings. The van der Waals surface area contributed by atoms with Crippen molar-refractivity contribution in [3.8, 4) is 11.6 Å². The molecule has 122 valence electrons. The largest absolute Gasteiger partial charge is 0.475 e. The molecule has 1 aromatic carbocycles. The van der Waals surface area contributed by atoms with Crippen molar-refractivity contribution in [1.82, 2.24) is 14.7 Å². The quantitative estimate of drug-likeness (QED) is 0.733. The minimum absolute atomic E-state index is 0. The summed E-state index contributed by atoms with van der Waals surface area (Å²) in [6, 6.07) is 7.23. The van der Waals surface area contributed by atoms with Gasteiger partial charge in [-0.15, -0.1) is 17.5 Å². The lowest BCUT2D eigenvalue weighted by Crippen LogP contribution is -2.27. The standard InChI is InChI=1S/C15H19Cl2N3O.ClH/c1-3-19(4-2)9-10-21-15-7-8-20(18-15)12-5-6-13(16)14(17)11-12;/h5-8,11H,3-4,9-10H2,1-2H3;1H. The van der Waals surface area contributed by atoms with Crippen LogP contribution in [0.4, 0.5) is 0 Å². The number of ether oxygens (including phenoxy) is 1. The molecule has 2 rings (SSSR count). The zero-order chi connectivity index (χ0) is 15.2. The Hall–Kier alpha value is -0.940. The van der Waals surface area contributed by atoms with E-state index in [1.807, 2.05) is 18.3 Å². The second-order valence-electron chi connectivity index (χ2n) is 4.57. The van der Waals surface area contributed by atoms with E-state index in [0.717, 1.165) is 25.3 Å². The van der Waals surface area contributed by atoms with Crippen LogP contribution in [0.1, 0.15) is 13.8 Å². The van der Waals surface area contributed by atoms with Crippen molar-refractivity contribution in [2.45, 2.75) is 13.8 Å². The molecule has 0 radical (unpaired) electrons. The molecule has 0 aliphatic rings. The molecule has 0 spiro atoms. The van der Waals surface area contributed by atoms with Crippen LogP contribution in [0.5, 0.6) is 5.88 Å². The molecule has 22 heavy (non-hydrogen) atoms. The maximum absolute atomic E-state index is 6.01. The molecule has 0 unspecified atom stereocenters. The van der Waals surface area contributed by atoms with Crippen molar-refractivity contribution >= 4 is 35.6 Å². The SMILES string of the molecule is CCN(CC)CCOc1ccn(-c2ccc(Cl)c(Cl)c2)n1.Cl. The van der Waals surface area contributed by atoms with Crippen molar-refractivity contribution in [3.63, 3.8) is 0 Å². The van der Waals surface area contributed by atoms with E-state index < -0.39 is 0 Å². The summed E-state index contributed by atoms with van der Waals surface area (Å²) in [5.74, 6) is 0.605. The van der Waals surface area contributed by atoms with E-state index in [9.17, 15) is 0 Å². The third-order valence-corrected chi connectivity index (χ3v) is 4.02. The Morgan fingerprint density at radius 1 is 1.14 bits per heavy atom. The van der Waals surface area contributed by atoms with Gasteiger partial charge < -0.3 is 9.64 Å². The van der Waals surface area contributed by atoms with E-state index in [-0.39, 0.29) is 12.4 Å². The molecule has 0 atom stereocenters. The Bertz CT molecular complexity index is 585. The summed E-state index contributed by atoms with van der Waals surface area (Å²) < 4.78 is 7.38. The Morgan fingerprint density at radius 3 is 2.50 bits per heavy atom. The third kappa shape index (κ3) is 5.06. The first-order valence-electron chi connectivity index (χ1n) is 7.00. The van der Waals surface area contributed by atoms with Gasteiger partial charge in [-0.25, -0.2) is 4.68 Å². The highest BCUT2D eigenvalue weighted by atomic mass is 35.5. The number of halogens is 3. The Kier molecular flexibility index (Phi) is 8.04. The zero-order valence-electron chi connectivity index (χ0n) is 12.6. The highest BCUT2D eigenvalue weighted by molar-refractivity contribution is 6.42. The molecule has 0 aliphatic carbocycles. The lowest BCUT2D eigenvalue weighted by atomic mass is 10.3. The van der Waals surface area contributed by atoms with Crippen LogP contribution in [0.3, 0.4) is 0 Å². The van der Waals surface area contributed by atoms with Gasteiger partial charge in [-0.1, -0.05) is 37.0 Å². The number of benzene rings is 1. The van der Waals surface area contributed by atoms with Crippen molar-refractivity contribution < 1.29 is 4.74 Å². The fourth-order valence-corrected chi connectivity index (χ4v) is 2.27. The molecule has 0 amide bonds. The topological polar surface area (TPSA) is 30.3 Å². The number of rotatable bonds is 7. The van der Waals surface area contributed by atoms with Crippen LogP contribution in [-0.2, 0) is 0 Å². The second kappa shape index (κ2) is 9.26. The smallest absolute Gasteiger partial charge is 0.233 e. The molecule has 0 saturated heterocycles. The van der Waals surface area contributed by atoms with E-state index in [2.05, 4.69) is 23.8 Å². The van der Waals surface area contributed by atoms with Gasteiger partial charge in [0.15, 0.2) is 0 Å². The van der Waals surface area contributed by atoms with Crippen LogP contribution < -0.4 is 4.74 Å². The maximum atomic E-state index is 6.01. The van der Waals surface area contributed by atoms with E-state index in [0.29, 0.717) is 22.5 Å². The Morgan fingerprint density at radius 2 is 1.86 bits per heavy atom. The molecule has 0 saturated carbocycles. The first-order valence-corrected chi connectivity index (χ1v) is 7.76. The molecule has 1 aromatic heterocycles. The van der Waals surface area contributed by atoms with E-state index in [4.69, 9.17) is 27.9 Å². The number of hydrogen-bond acceptors (Lipinski definition) is 3. The van der Waals surface area contributed by atoms with Gasteiger partial charge in [-0.3, -0.25) is 0 Å². The maximum Gasteiger partial charge on any atom is 0.233 e. The molecular weight excluding hydrogens is 345 g/mol. The Balaban J connectivity index is 0.00000242. The molecule has 0 aliphatic heterocycles. The van der Waals surface area contributed by atoms with Crippen molar-refractivity contribution in [1.29, 1.82) is 0 Å². The summed E-state index contributed by atoms with van der Waals surface area (Å²) >= 11 is 11.9. The predicted molar refractivity (Wildman–Crippen MR) is 94.1 cm³/mol. The van der Waals surface area contributed by atoms with Gasteiger partial charge in [0.1, 0.15) is 6.61 Å². The predicted octanol–water partition coefficient (Wildman–Crippen LogP) is 4.32. The van der Waals surface area contributed by atoms with E-state index >= 15 is 0 Å². The summed E-state index contributed by atoms with van der Waals surface area (Å²) in [5, 5.41) is 5.41. The van der Waals surface area contributed by atoms with Crippen LogP contribution >= 0.6 is 35.6 Å². The highest BCUT2D eigenvalue weighted by Gasteiger charge is 2.05. The first-order chi connectivity index (χ1) is 10.1. The van der Waals surface area contributed by atoms with Gasteiger partial charge in [-0.05, 0) is 31.3 Å². The molecule has 4 nitrogen and oxygen atoms in total. The fourth-order valence-electron chi connectivity index (χ4n) is 1.97. The van der Waals surface area contributed by atoms with Crippen LogP contribution in [0.2, 0.25) is 10.0 Å². The van der Waals surface area contributed by atoms with Gasteiger partial charge in [0, 0.05) is 18.8 Å². The average Bonchev–Trinajstić information content (AvgIpc) is 2.95. The minimum Gasteiger partial charge on any atom is -0.475 e. The summed E-state index contributed by atoms with van der Waals surface area (Å²) in [4.78, 5) is 2.30. The zero-order valence-corrected chi connectivity index (χ0v) is 15.0. The van der Waals surface area contributed by atoms with Crippen molar-refractivity contribution in [2.75, 3.05) is 26.2 Å². The lowest BCUT2D eigenvalue weighted by Gasteiger charge is -2.17. The number of aromatic nitrogens is 2. The molecule has 7 heteroatoms. The van der Waals surface area contributed by atoms with Crippen LogP contribution in [0, 0.1) is 0 Å². The summed E-state index contributed by atoms with van der Waals surface area (Å²) in [6.07, 6.45) is 1.84. The third-order valence-electron chi connectivity index (χ3n) is 3.28. The summed E-state index contributed by atoms with van der Waals surface area (Å²) in [7, 11) is 0. The monoisotopic (exact) mass is 363 g/mol. The summed E-state index contributed by atoms with van der Waals surface area (Å²) in [5.41, 5.74) is 0.850.